The van der Waals surface area contributed by atoms with E-state index in [9.17, 15) is 9.59 Å². The van der Waals surface area contributed by atoms with E-state index in [1.165, 1.54) is 0 Å². The zero-order valence-electron chi connectivity index (χ0n) is 11.5. The summed E-state index contributed by atoms with van der Waals surface area (Å²) < 4.78 is 0. The maximum absolute atomic E-state index is 12.2. The number of ketones is 1. The fourth-order valence-corrected chi connectivity index (χ4v) is 3.20. The summed E-state index contributed by atoms with van der Waals surface area (Å²) in [4.78, 5) is 25.6. The molecular formula is C14H17ClN2O2S. The first kappa shape index (κ1) is 15.4. The number of carbonyl (C=O) groups is 2. The molecule has 0 aromatic heterocycles. The van der Waals surface area contributed by atoms with Crippen LogP contribution >= 0.6 is 23.4 Å². The van der Waals surface area contributed by atoms with E-state index in [1.54, 1.807) is 23.9 Å². The molecular weight excluding hydrogens is 296 g/mol. The van der Waals surface area contributed by atoms with Gasteiger partial charge in [0, 0.05) is 23.5 Å². The minimum Gasteiger partial charge on any atom is -0.325 e. The van der Waals surface area contributed by atoms with E-state index in [0.717, 1.165) is 23.5 Å². The molecule has 20 heavy (non-hydrogen) atoms. The lowest BCUT2D eigenvalue weighted by Gasteiger charge is -2.09. The summed E-state index contributed by atoms with van der Waals surface area (Å²) in [6.07, 6.45) is 0.320. The van der Waals surface area contributed by atoms with Crippen LogP contribution in [-0.4, -0.2) is 48.7 Å². The highest BCUT2D eigenvalue weighted by Gasteiger charge is 2.21. The van der Waals surface area contributed by atoms with Crippen LogP contribution in [0.4, 0.5) is 5.69 Å². The Morgan fingerprint density at radius 2 is 2.20 bits per heavy atom. The van der Waals surface area contributed by atoms with E-state index in [2.05, 4.69) is 10.2 Å². The highest BCUT2D eigenvalue weighted by molar-refractivity contribution is 8.00. The van der Waals surface area contributed by atoms with E-state index in [4.69, 9.17) is 11.6 Å². The van der Waals surface area contributed by atoms with Gasteiger partial charge in [0.2, 0.25) is 5.91 Å². The predicted octanol–water partition coefficient (Wildman–Crippen LogP) is 2.31. The summed E-state index contributed by atoms with van der Waals surface area (Å²) >= 11 is 7.72. The Kier molecular flexibility index (Phi) is 5.07. The molecule has 1 heterocycles. The molecule has 1 aromatic rings. The fraction of sp³-hybridized carbons (Fsp3) is 0.429. The predicted molar refractivity (Wildman–Crippen MR) is 84.0 cm³/mol. The minimum atomic E-state index is -0.0546. The number of hydrogen-bond acceptors (Lipinski definition) is 4. The third-order valence-corrected chi connectivity index (χ3v) is 4.28. The van der Waals surface area contributed by atoms with Gasteiger partial charge < -0.3 is 10.2 Å². The molecule has 0 saturated carbocycles. The van der Waals surface area contributed by atoms with Crippen LogP contribution in [0.5, 0.6) is 0 Å². The van der Waals surface area contributed by atoms with E-state index in [1.807, 2.05) is 14.1 Å². The molecule has 1 amide bonds. The van der Waals surface area contributed by atoms with Gasteiger partial charge in [0.05, 0.1) is 17.2 Å². The Hall–Kier alpha value is -1.04. The largest absolute Gasteiger partial charge is 0.325 e. The van der Waals surface area contributed by atoms with Crippen molar-refractivity contribution in [2.45, 2.75) is 6.42 Å². The lowest BCUT2D eigenvalue weighted by atomic mass is 10.1. The SMILES string of the molecule is CN(C)CCSCC(=O)c1cc2c(cc1Cl)NC(=O)C2. The first-order chi connectivity index (χ1) is 9.47. The first-order valence-electron chi connectivity index (χ1n) is 6.35. The second-order valence-corrected chi connectivity index (χ2v) is 6.51. The third kappa shape index (κ3) is 3.75. The van der Waals surface area contributed by atoms with Crippen LogP contribution in [-0.2, 0) is 11.2 Å². The lowest BCUT2D eigenvalue weighted by Crippen LogP contribution is -2.16. The number of halogens is 1. The number of nitrogens with one attached hydrogen (secondary N) is 1. The van der Waals surface area contributed by atoms with E-state index >= 15 is 0 Å². The highest BCUT2D eigenvalue weighted by atomic mass is 35.5. The first-order valence-corrected chi connectivity index (χ1v) is 7.88. The Labute approximate surface area is 127 Å². The summed E-state index contributed by atoms with van der Waals surface area (Å²) in [7, 11) is 4.01. The molecule has 4 nitrogen and oxygen atoms in total. The second kappa shape index (κ2) is 6.61. The van der Waals surface area contributed by atoms with Crippen molar-refractivity contribution in [2.24, 2.45) is 0 Å². The Bertz CT molecular complexity index is 546. The number of rotatable bonds is 6. The van der Waals surface area contributed by atoms with Crippen molar-refractivity contribution in [3.05, 3.63) is 28.3 Å². The van der Waals surface area contributed by atoms with Crippen molar-refractivity contribution in [1.82, 2.24) is 4.90 Å². The number of anilines is 1. The molecule has 0 spiro atoms. The topological polar surface area (TPSA) is 49.4 Å². The van der Waals surface area contributed by atoms with Gasteiger partial charge in [0.1, 0.15) is 0 Å². The molecule has 0 saturated heterocycles. The Morgan fingerprint density at radius 3 is 2.90 bits per heavy atom. The smallest absolute Gasteiger partial charge is 0.228 e. The summed E-state index contributed by atoms with van der Waals surface area (Å²) in [5.41, 5.74) is 2.08. The average molecular weight is 313 g/mol. The van der Waals surface area contributed by atoms with Gasteiger partial charge in [-0.25, -0.2) is 0 Å². The second-order valence-electron chi connectivity index (χ2n) is 4.99. The molecule has 6 heteroatoms. The molecule has 2 rings (SSSR count). The van der Waals surface area contributed by atoms with Crippen molar-refractivity contribution in [3.63, 3.8) is 0 Å². The molecule has 108 valence electrons. The molecule has 0 radical (unpaired) electrons. The maximum Gasteiger partial charge on any atom is 0.228 e. The number of carbonyl (C=O) groups excluding carboxylic acids is 2. The zero-order valence-corrected chi connectivity index (χ0v) is 13.1. The van der Waals surface area contributed by atoms with Crippen LogP contribution in [0, 0.1) is 0 Å². The van der Waals surface area contributed by atoms with Crippen molar-refractivity contribution < 1.29 is 9.59 Å². The Morgan fingerprint density at radius 1 is 1.45 bits per heavy atom. The van der Waals surface area contributed by atoms with E-state index in [-0.39, 0.29) is 11.7 Å². The molecule has 1 aromatic carbocycles. The van der Waals surface area contributed by atoms with E-state index < -0.39 is 0 Å². The van der Waals surface area contributed by atoms with Gasteiger partial charge in [-0.2, -0.15) is 11.8 Å². The standard InChI is InChI=1S/C14H17ClN2O2S/c1-17(2)3-4-20-8-13(18)10-5-9-6-14(19)16-12(9)7-11(10)15/h5,7H,3-4,6,8H2,1-2H3,(H,16,19). The fourth-order valence-electron chi connectivity index (χ4n) is 1.95. The zero-order chi connectivity index (χ0) is 14.7. The minimum absolute atomic E-state index is 0.0147. The van der Waals surface area contributed by atoms with Crippen LogP contribution in [0.25, 0.3) is 0 Å². The van der Waals surface area contributed by atoms with Crippen LogP contribution in [0.2, 0.25) is 5.02 Å². The number of benzene rings is 1. The summed E-state index contributed by atoms with van der Waals surface area (Å²) in [6, 6.07) is 3.41. The van der Waals surface area contributed by atoms with Crippen LogP contribution in [0.1, 0.15) is 15.9 Å². The van der Waals surface area contributed by atoms with Gasteiger partial charge in [0.25, 0.3) is 0 Å². The molecule has 1 aliphatic rings. The maximum atomic E-state index is 12.2. The number of nitrogens with zero attached hydrogens (tertiary/aromatic N) is 1. The van der Waals surface area contributed by atoms with Crippen LogP contribution in [0.3, 0.4) is 0 Å². The average Bonchev–Trinajstić information content (AvgIpc) is 2.72. The highest BCUT2D eigenvalue weighted by Crippen LogP contribution is 2.30. The number of hydrogen-bond donors (Lipinski definition) is 1. The van der Waals surface area contributed by atoms with Crippen molar-refractivity contribution in [2.75, 3.05) is 37.5 Å². The molecule has 0 fully saturated rings. The van der Waals surface area contributed by atoms with Crippen LogP contribution in [0.15, 0.2) is 12.1 Å². The molecule has 0 bridgehead atoms. The summed E-state index contributed by atoms with van der Waals surface area (Å²) in [5.74, 6) is 1.27. The van der Waals surface area contributed by atoms with Crippen molar-refractivity contribution in [1.29, 1.82) is 0 Å². The molecule has 0 unspecified atom stereocenters. The van der Waals surface area contributed by atoms with Gasteiger partial charge in [-0.05, 0) is 31.8 Å². The quantitative estimate of drug-likeness (QED) is 0.647. The monoisotopic (exact) mass is 312 g/mol. The molecule has 0 atom stereocenters. The van der Waals surface area contributed by atoms with Gasteiger partial charge >= 0.3 is 0 Å². The van der Waals surface area contributed by atoms with Crippen molar-refractivity contribution >= 4 is 40.7 Å². The van der Waals surface area contributed by atoms with Gasteiger partial charge in [-0.1, -0.05) is 11.6 Å². The van der Waals surface area contributed by atoms with Gasteiger partial charge in [-0.3, -0.25) is 9.59 Å². The summed E-state index contributed by atoms with van der Waals surface area (Å²) in [5, 5.41) is 3.13. The van der Waals surface area contributed by atoms with Gasteiger partial charge in [0.15, 0.2) is 5.78 Å². The summed E-state index contributed by atoms with van der Waals surface area (Å²) in [6.45, 7) is 0.939. The van der Waals surface area contributed by atoms with E-state index in [0.29, 0.717) is 22.8 Å². The van der Waals surface area contributed by atoms with Gasteiger partial charge in [-0.15, -0.1) is 0 Å². The number of amides is 1. The number of fused-ring (bicyclic) bond motifs is 1. The molecule has 1 aliphatic heterocycles. The number of Topliss-reactive ketones (excluding diaryl/α,β-unsaturated/α-hetero) is 1. The normalized spacial score (nSPS) is 13.5. The molecule has 0 aliphatic carbocycles. The third-order valence-electron chi connectivity index (χ3n) is 3.03. The number of thioether (sulfide) groups is 1. The lowest BCUT2D eigenvalue weighted by molar-refractivity contribution is -0.115. The molecule has 1 N–H and O–H groups in total. The van der Waals surface area contributed by atoms with Crippen LogP contribution < -0.4 is 5.32 Å². The Balaban J connectivity index is 2.00. The van der Waals surface area contributed by atoms with Crippen molar-refractivity contribution in [3.8, 4) is 0 Å².